The molecule has 0 spiro atoms. The quantitative estimate of drug-likeness (QED) is 0.721. The van der Waals surface area contributed by atoms with E-state index in [1.54, 1.807) is 24.3 Å². The van der Waals surface area contributed by atoms with Gasteiger partial charge in [0.25, 0.3) is 0 Å². The maximum atomic E-state index is 13.0. The van der Waals surface area contributed by atoms with Gasteiger partial charge in [-0.2, -0.15) is 0 Å². The van der Waals surface area contributed by atoms with Gasteiger partial charge < -0.3 is 5.11 Å². The first kappa shape index (κ1) is 14.1. The van der Waals surface area contributed by atoms with Crippen molar-refractivity contribution in [1.82, 2.24) is 0 Å². The molecule has 1 unspecified atom stereocenters. The first-order valence-corrected chi connectivity index (χ1v) is 6.90. The van der Waals surface area contributed by atoms with Crippen LogP contribution in [0.15, 0.2) is 36.4 Å². The highest BCUT2D eigenvalue weighted by Gasteiger charge is 2.17. The summed E-state index contributed by atoms with van der Waals surface area (Å²) < 4.78 is 13.7. The van der Waals surface area contributed by atoms with Crippen molar-refractivity contribution < 1.29 is 9.50 Å². The highest BCUT2D eigenvalue weighted by molar-refractivity contribution is 14.1. The first-order chi connectivity index (χ1) is 8.49. The molecule has 18 heavy (non-hydrogen) atoms. The fourth-order valence-corrected chi connectivity index (χ4v) is 2.79. The van der Waals surface area contributed by atoms with Crippen LogP contribution in [0, 0.1) is 9.39 Å². The summed E-state index contributed by atoms with van der Waals surface area (Å²) in [6, 6.07) is 9.08. The van der Waals surface area contributed by atoms with Crippen LogP contribution in [0.3, 0.4) is 0 Å². The third-order valence-corrected chi connectivity index (χ3v) is 4.02. The number of hydrogen-bond donors (Lipinski definition) is 1. The maximum Gasteiger partial charge on any atom is 0.124 e. The zero-order valence-electron chi connectivity index (χ0n) is 9.00. The van der Waals surface area contributed by atoms with Crippen molar-refractivity contribution in [2.45, 2.75) is 6.10 Å². The van der Waals surface area contributed by atoms with Gasteiger partial charge in [0.1, 0.15) is 11.9 Å². The molecule has 2 aromatic rings. The van der Waals surface area contributed by atoms with E-state index in [1.165, 1.54) is 12.1 Å². The summed E-state index contributed by atoms with van der Waals surface area (Å²) in [5, 5.41) is 11.2. The van der Waals surface area contributed by atoms with Gasteiger partial charge in [0.2, 0.25) is 0 Å². The van der Waals surface area contributed by atoms with Crippen molar-refractivity contribution >= 4 is 45.8 Å². The van der Waals surface area contributed by atoms with Crippen LogP contribution in [-0.2, 0) is 0 Å². The zero-order valence-corrected chi connectivity index (χ0v) is 12.7. The standard InChI is InChI=1S/C13H8Cl2FIO/c14-7-1-4-11(15)10(5-7)13(18)9-3-2-8(16)6-12(9)17/h1-6,13,18H. The molecule has 0 aliphatic rings. The van der Waals surface area contributed by atoms with Gasteiger partial charge in [0.05, 0.1) is 0 Å². The third-order valence-electron chi connectivity index (χ3n) is 2.51. The average molecular weight is 397 g/mol. The Bertz CT molecular complexity index is 589. The average Bonchev–Trinajstić information content (AvgIpc) is 2.31. The van der Waals surface area contributed by atoms with Gasteiger partial charge in [0, 0.05) is 19.2 Å². The molecule has 1 N–H and O–H groups in total. The van der Waals surface area contributed by atoms with E-state index in [-0.39, 0.29) is 5.82 Å². The molecule has 1 atom stereocenters. The highest BCUT2D eigenvalue weighted by Crippen LogP contribution is 2.32. The summed E-state index contributed by atoms with van der Waals surface area (Å²) in [6.45, 7) is 0. The molecular weight excluding hydrogens is 389 g/mol. The molecule has 0 saturated heterocycles. The number of rotatable bonds is 2. The van der Waals surface area contributed by atoms with Gasteiger partial charge in [-0.15, -0.1) is 0 Å². The van der Waals surface area contributed by atoms with Crippen molar-refractivity contribution in [2.24, 2.45) is 0 Å². The lowest BCUT2D eigenvalue weighted by Crippen LogP contribution is -2.03. The van der Waals surface area contributed by atoms with Crippen LogP contribution >= 0.6 is 45.8 Å². The van der Waals surface area contributed by atoms with Gasteiger partial charge in [-0.25, -0.2) is 4.39 Å². The summed E-state index contributed by atoms with van der Waals surface area (Å²) >= 11 is 13.9. The van der Waals surface area contributed by atoms with E-state index in [4.69, 9.17) is 23.2 Å². The van der Waals surface area contributed by atoms with Crippen molar-refractivity contribution in [3.05, 3.63) is 67.0 Å². The first-order valence-electron chi connectivity index (χ1n) is 5.07. The summed E-state index contributed by atoms with van der Waals surface area (Å²) in [6.07, 6.45) is -0.927. The van der Waals surface area contributed by atoms with Gasteiger partial charge in [0.15, 0.2) is 0 Å². The van der Waals surface area contributed by atoms with E-state index >= 15 is 0 Å². The van der Waals surface area contributed by atoms with E-state index in [1.807, 2.05) is 22.6 Å². The Morgan fingerprint density at radius 1 is 1.06 bits per heavy atom. The molecule has 0 aromatic heterocycles. The fourth-order valence-electron chi connectivity index (χ4n) is 1.61. The van der Waals surface area contributed by atoms with Gasteiger partial charge in [-0.1, -0.05) is 29.3 Å². The lowest BCUT2D eigenvalue weighted by Gasteiger charge is -2.15. The Balaban J connectivity index is 2.47. The smallest absolute Gasteiger partial charge is 0.124 e. The molecule has 94 valence electrons. The van der Waals surface area contributed by atoms with Crippen molar-refractivity contribution in [2.75, 3.05) is 0 Å². The second-order valence-corrected chi connectivity index (χ2v) is 5.74. The summed E-state index contributed by atoms with van der Waals surface area (Å²) in [4.78, 5) is 0. The molecule has 0 radical (unpaired) electrons. The van der Waals surface area contributed by atoms with Crippen molar-refractivity contribution in [1.29, 1.82) is 0 Å². The minimum atomic E-state index is -0.927. The second-order valence-electron chi connectivity index (χ2n) is 3.73. The molecule has 2 aromatic carbocycles. The molecule has 0 heterocycles. The van der Waals surface area contributed by atoms with Crippen LogP contribution in [0.2, 0.25) is 10.0 Å². The summed E-state index contributed by atoms with van der Waals surface area (Å²) in [5.74, 6) is -0.340. The predicted octanol–water partition coefficient (Wildman–Crippen LogP) is 4.82. The Hall–Kier alpha value is -0.360. The monoisotopic (exact) mass is 396 g/mol. The van der Waals surface area contributed by atoms with E-state index in [2.05, 4.69) is 0 Å². The van der Waals surface area contributed by atoms with E-state index in [0.29, 0.717) is 24.7 Å². The zero-order chi connectivity index (χ0) is 13.3. The van der Waals surface area contributed by atoms with Crippen LogP contribution in [0.4, 0.5) is 4.39 Å². The van der Waals surface area contributed by atoms with Crippen LogP contribution in [-0.4, -0.2) is 5.11 Å². The number of aliphatic hydroxyl groups is 1. The largest absolute Gasteiger partial charge is 0.384 e. The van der Waals surface area contributed by atoms with Crippen LogP contribution in [0.25, 0.3) is 0 Å². The molecule has 2 rings (SSSR count). The molecule has 0 amide bonds. The molecule has 0 aliphatic heterocycles. The highest BCUT2D eigenvalue weighted by atomic mass is 127. The minimum Gasteiger partial charge on any atom is -0.384 e. The molecule has 1 nitrogen and oxygen atoms in total. The molecule has 0 saturated carbocycles. The lowest BCUT2D eigenvalue weighted by atomic mass is 10.0. The third kappa shape index (κ3) is 2.96. The van der Waals surface area contributed by atoms with Crippen LogP contribution in [0.1, 0.15) is 17.2 Å². The SMILES string of the molecule is OC(c1cc(Cl)ccc1Cl)c1ccc(F)cc1I. The van der Waals surface area contributed by atoms with Gasteiger partial charge in [-0.05, 0) is 58.5 Å². The molecule has 5 heteroatoms. The van der Waals surface area contributed by atoms with E-state index < -0.39 is 6.10 Å². The fraction of sp³-hybridized carbons (Fsp3) is 0.0769. The summed E-state index contributed by atoms with van der Waals surface area (Å²) in [5.41, 5.74) is 1.11. The van der Waals surface area contributed by atoms with E-state index in [0.717, 1.165) is 0 Å². The number of hydrogen-bond acceptors (Lipinski definition) is 1. The Kier molecular flexibility index (Phi) is 4.48. The number of aliphatic hydroxyl groups excluding tert-OH is 1. The Morgan fingerprint density at radius 2 is 1.78 bits per heavy atom. The Labute approximate surface area is 128 Å². The van der Waals surface area contributed by atoms with Crippen molar-refractivity contribution in [3.8, 4) is 0 Å². The number of halogens is 4. The normalized spacial score (nSPS) is 12.5. The van der Waals surface area contributed by atoms with Crippen molar-refractivity contribution in [3.63, 3.8) is 0 Å². The molecular formula is C13H8Cl2FIO. The predicted molar refractivity (Wildman–Crippen MR) is 79.6 cm³/mol. The van der Waals surface area contributed by atoms with Gasteiger partial charge >= 0.3 is 0 Å². The van der Waals surface area contributed by atoms with E-state index in [9.17, 15) is 9.50 Å². The number of benzene rings is 2. The van der Waals surface area contributed by atoms with Gasteiger partial charge in [-0.3, -0.25) is 0 Å². The minimum absolute atomic E-state index is 0.340. The second kappa shape index (κ2) is 5.74. The Morgan fingerprint density at radius 3 is 2.44 bits per heavy atom. The topological polar surface area (TPSA) is 20.2 Å². The summed E-state index contributed by atoms with van der Waals surface area (Å²) in [7, 11) is 0. The van der Waals surface area contributed by atoms with Crippen LogP contribution < -0.4 is 0 Å². The lowest BCUT2D eigenvalue weighted by molar-refractivity contribution is 0.219. The molecule has 0 aliphatic carbocycles. The molecule has 0 fully saturated rings. The molecule has 0 bridgehead atoms. The maximum absolute atomic E-state index is 13.0. The van der Waals surface area contributed by atoms with Crippen LogP contribution in [0.5, 0.6) is 0 Å².